The number of rotatable bonds is 3. The van der Waals surface area contributed by atoms with E-state index in [9.17, 15) is 13.6 Å². The number of nitrogens with zero attached hydrogens (tertiary/aromatic N) is 1. The minimum atomic E-state index is -1.06. The summed E-state index contributed by atoms with van der Waals surface area (Å²) in [5, 5.41) is 8.87. The van der Waals surface area contributed by atoms with E-state index in [1.807, 2.05) is 0 Å². The highest BCUT2D eigenvalue weighted by atomic mass is 19.1. The summed E-state index contributed by atoms with van der Waals surface area (Å²) < 4.78 is 31.1. The van der Waals surface area contributed by atoms with Gasteiger partial charge in [-0.3, -0.25) is 0 Å². The van der Waals surface area contributed by atoms with Crippen LogP contribution in [0.2, 0.25) is 0 Å². The first-order valence-electron chi connectivity index (χ1n) is 5.30. The van der Waals surface area contributed by atoms with Crippen molar-refractivity contribution < 1.29 is 23.4 Å². The smallest absolute Gasteiger partial charge is 0.335 e. The standard InChI is InChI=1S/C13H9F2NO3/c1-7-4-9(2-3-10(7)13(17)18)19-12-11(15)5-8(14)6-16-12/h2-6H,1H3,(H,17,18). The van der Waals surface area contributed by atoms with E-state index < -0.39 is 17.6 Å². The van der Waals surface area contributed by atoms with Crippen molar-refractivity contribution >= 4 is 5.97 Å². The molecule has 2 aromatic rings. The van der Waals surface area contributed by atoms with Crippen molar-refractivity contribution in [3.05, 3.63) is 53.2 Å². The van der Waals surface area contributed by atoms with E-state index in [0.717, 1.165) is 6.20 Å². The molecule has 0 amide bonds. The highest BCUT2D eigenvalue weighted by molar-refractivity contribution is 5.89. The van der Waals surface area contributed by atoms with Gasteiger partial charge in [0.2, 0.25) is 0 Å². The molecule has 0 fully saturated rings. The highest BCUT2D eigenvalue weighted by Crippen LogP contribution is 2.24. The van der Waals surface area contributed by atoms with Crippen LogP contribution >= 0.6 is 0 Å². The molecular weight excluding hydrogens is 256 g/mol. The second-order valence-electron chi connectivity index (χ2n) is 3.82. The molecule has 0 aliphatic rings. The SMILES string of the molecule is Cc1cc(Oc2ncc(F)cc2F)ccc1C(=O)O. The number of aryl methyl sites for hydroxylation is 1. The average molecular weight is 265 g/mol. The molecule has 0 saturated heterocycles. The molecule has 6 heteroatoms. The Morgan fingerprint density at radius 1 is 1.32 bits per heavy atom. The molecule has 98 valence electrons. The topological polar surface area (TPSA) is 59.4 Å². The van der Waals surface area contributed by atoms with Crippen LogP contribution in [0.25, 0.3) is 0 Å². The first-order chi connectivity index (χ1) is 8.97. The quantitative estimate of drug-likeness (QED) is 0.926. The Bertz CT molecular complexity index is 644. The molecule has 4 nitrogen and oxygen atoms in total. The molecule has 0 saturated carbocycles. The summed E-state index contributed by atoms with van der Waals surface area (Å²) >= 11 is 0. The Labute approximate surface area is 107 Å². The van der Waals surface area contributed by atoms with Crippen molar-refractivity contribution in [1.29, 1.82) is 0 Å². The van der Waals surface area contributed by atoms with Gasteiger partial charge in [0.1, 0.15) is 11.6 Å². The Balaban J connectivity index is 2.29. The second-order valence-corrected chi connectivity index (χ2v) is 3.82. The fourth-order valence-electron chi connectivity index (χ4n) is 1.53. The molecule has 0 radical (unpaired) electrons. The maximum absolute atomic E-state index is 13.3. The number of benzene rings is 1. The lowest BCUT2D eigenvalue weighted by atomic mass is 10.1. The van der Waals surface area contributed by atoms with E-state index in [1.165, 1.54) is 18.2 Å². The lowest BCUT2D eigenvalue weighted by Crippen LogP contribution is -2.00. The lowest BCUT2D eigenvalue weighted by molar-refractivity contribution is 0.0696. The summed E-state index contributed by atoms with van der Waals surface area (Å²) in [6.45, 7) is 1.59. The van der Waals surface area contributed by atoms with E-state index in [-0.39, 0.29) is 17.2 Å². The number of carboxylic acid groups (broad SMARTS) is 1. The summed E-state index contributed by atoms with van der Waals surface area (Å²) in [5.74, 6) is -2.94. The summed E-state index contributed by atoms with van der Waals surface area (Å²) in [6, 6.07) is 4.81. The van der Waals surface area contributed by atoms with Crippen LogP contribution in [0.3, 0.4) is 0 Å². The molecule has 0 spiro atoms. The molecule has 1 aromatic heterocycles. The average Bonchev–Trinajstić information content (AvgIpc) is 2.32. The van der Waals surface area contributed by atoms with Crippen LogP contribution in [-0.4, -0.2) is 16.1 Å². The predicted octanol–water partition coefficient (Wildman–Crippen LogP) is 3.16. The first kappa shape index (κ1) is 12.9. The van der Waals surface area contributed by atoms with Gasteiger partial charge in [-0.2, -0.15) is 0 Å². The van der Waals surface area contributed by atoms with Crippen molar-refractivity contribution in [2.75, 3.05) is 0 Å². The number of carboxylic acids is 1. The van der Waals surface area contributed by atoms with Gasteiger partial charge in [-0.15, -0.1) is 0 Å². The molecule has 1 aromatic carbocycles. The molecule has 0 atom stereocenters. The van der Waals surface area contributed by atoms with Crippen molar-refractivity contribution in [2.24, 2.45) is 0 Å². The van der Waals surface area contributed by atoms with Gasteiger partial charge in [-0.05, 0) is 30.7 Å². The van der Waals surface area contributed by atoms with Gasteiger partial charge in [0.05, 0.1) is 11.8 Å². The third-order valence-electron chi connectivity index (χ3n) is 2.42. The number of aromatic nitrogens is 1. The van der Waals surface area contributed by atoms with E-state index in [1.54, 1.807) is 6.92 Å². The second kappa shape index (κ2) is 5.01. The van der Waals surface area contributed by atoms with Gasteiger partial charge in [-0.25, -0.2) is 18.6 Å². The number of ether oxygens (including phenoxy) is 1. The van der Waals surface area contributed by atoms with Gasteiger partial charge in [0.15, 0.2) is 5.82 Å². The van der Waals surface area contributed by atoms with Crippen LogP contribution in [0, 0.1) is 18.6 Å². The van der Waals surface area contributed by atoms with E-state index in [0.29, 0.717) is 11.6 Å². The normalized spacial score (nSPS) is 10.3. The fraction of sp³-hybridized carbons (Fsp3) is 0.0769. The van der Waals surface area contributed by atoms with Crippen LogP contribution < -0.4 is 4.74 Å². The molecule has 19 heavy (non-hydrogen) atoms. The number of hydrogen-bond donors (Lipinski definition) is 1. The Hall–Kier alpha value is -2.50. The third kappa shape index (κ3) is 2.85. The largest absolute Gasteiger partial charge is 0.478 e. The molecule has 0 aliphatic heterocycles. The Kier molecular flexibility index (Phi) is 3.41. The molecule has 0 aliphatic carbocycles. The Morgan fingerprint density at radius 3 is 2.63 bits per heavy atom. The molecule has 0 unspecified atom stereocenters. The molecule has 1 heterocycles. The minimum absolute atomic E-state index is 0.125. The lowest BCUT2D eigenvalue weighted by Gasteiger charge is -2.07. The van der Waals surface area contributed by atoms with Crippen LogP contribution in [0.4, 0.5) is 8.78 Å². The number of aromatic carboxylic acids is 1. The first-order valence-corrected chi connectivity index (χ1v) is 5.30. The summed E-state index contributed by atoms with van der Waals surface area (Å²) in [6.07, 6.45) is 0.830. The minimum Gasteiger partial charge on any atom is -0.478 e. The van der Waals surface area contributed by atoms with Gasteiger partial charge in [0.25, 0.3) is 5.88 Å². The van der Waals surface area contributed by atoms with Crippen LogP contribution in [-0.2, 0) is 0 Å². The maximum Gasteiger partial charge on any atom is 0.335 e. The predicted molar refractivity (Wildman–Crippen MR) is 62.4 cm³/mol. The van der Waals surface area contributed by atoms with Crippen LogP contribution in [0.15, 0.2) is 30.5 Å². The van der Waals surface area contributed by atoms with Crippen molar-refractivity contribution in [2.45, 2.75) is 6.92 Å². The summed E-state index contributed by atoms with van der Waals surface area (Å²) in [7, 11) is 0. The van der Waals surface area contributed by atoms with Crippen molar-refractivity contribution in [3.8, 4) is 11.6 Å². The van der Waals surface area contributed by atoms with E-state index in [2.05, 4.69) is 4.98 Å². The van der Waals surface area contributed by atoms with E-state index in [4.69, 9.17) is 9.84 Å². The number of hydrogen-bond acceptors (Lipinski definition) is 3. The molecule has 0 bridgehead atoms. The van der Waals surface area contributed by atoms with Crippen LogP contribution in [0.1, 0.15) is 15.9 Å². The number of pyridine rings is 1. The number of carbonyl (C=O) groups is 1. The van der Waals surface area contributed by atoms with Crippen LogP contribution in [0.5, 0.6) is 11.6 Å². The third-order valence-corrected chi connectivity index (χ3v) is 2.42. The Morgan fingerprint density at radius 2 is 2.05 bits per heavy atom. The monoisotopic (exact) mass is 265 g/mol. The van der Waals surface area contributed by atoms with Gasteiger partial charge in [0, 0.05) is 6.07 Å². The molecule has 1 N–H and O–H groups in total. The van der Waals surface area contributed by atoms with Gasteiger partial charge >= 0.3 is 5.97 Å². The number of halogens is 2. The highest BCUT2D eigenvalue weighted by Gasteiger charge is 2.11. The molecular formula is C13H9F2NO3. The van der Waals surface area contributed by atoms with E-state index >= 15 is 0 Å². The van der Waals surface area contributed by atoms with Gasteiger partial charge < -0.3 is 9.84 Å². The zero-order valence-corrected chi connectivity index (χ0v) is 9.85. The maximum atomic E-state index is 13.3. The molecule has 2 rings (SSSR count). The zero-order valence-electron chi connectivity index (χ0n) is 9.85. The van der Waals surface area contributed by atoms with Gasteiger partial charge in [-0.1, -0.05) is 0 Å². The zero-order chi connectivity index (χ0) is 14.0. The summed E-state index contributed by atoms with van der Waals surface area (Å²) in [5.41, 5.74) is 0.590. The van der Waals surface area contributed by atoms with Crippen molar-refractivity contribution in [1.82, 2.24) is 4.98 Å². The van der Waals surface area contributed by atoms with Crippen molar-refractivity contribution in [3.63, 3.8) is 0 Å². The fourth-order valence-corrected chi connectivity index (χ4v) is 1.53. The summed E-state index contributed by atoms with van der Waals surface area (Å²) in [4.78, 5) is 14.3.